The molecule has 1 aromatic heterocycles. The zero-order chi connectivity index (χ0) is 11.7. The quantitative estimate of drug-likeness (QED) is 0.800. The van der Waals surface area contributed by atoms with E-state index in [1.807, 2.05) is 17.8 Å². The van der Waals surface area contributed by atoms with E-state index in [1.54, 1.807) is 6.26 Å². The molecule has 0 saturated carbocycles. The molecule has 1 aliphatic rings. The lowest BCUT2D eigenvalue weighted by Crippen LogP contribution is -2.21. The van der Waals surface area contributed by atoms with Gasteiger partial charge in [0.1, 0.15) is 11.1 Å². The monoisotopic (exact) mass is 245 g/mol. The first-order valence-corrected chi connectivity index (χ1v) is 6.88. The van der Waals surface area contributed by atoms with Crippen LogP contribution in [0.3, 0.4) is 0 Å². The van der Waals surface area contributed by atoms with E-state index in [0.717, 1.165) is 18.1 Å². The van der Waals surface area contributed by atoms with Gasteiger partial charge in [-0.1, -0.05) is 17.7 Å². The lowest BCUT2D eigenvalue weighted by atomic mass is 10.2. The Morgan fingerprint density at radius 3 is 2.76 bits per heavy atom. The molecular formula is C14H15NOS. The van der Waals surface area contributed by atoms with Crippen molar-refractivity contribution in [1.29, 1.82) is 0 Å². The number of furan rings is 1. The van der Waals surface area contributed by atoms with Gasteiger partial charge in [-0.15, -0.1) is 11.8 Å². The van der Waals surface area contributed by atoms with Gasteiger partial charge < -0.3 is 9.32 Å². The van der Waals surface area contributed by atoms with Crippen LogP contribution in [0.15, 0.2) is 47.1 Å². The molecule has 0 spiro atoms. The van der Waals surface area contributed by atoms with Gasteiger partial charge >= 0.3 is 0 Å². The molecule has 1 atom stereocenters. The number of nitrogens with zero attached hydrogens (tertiary/aromatic N) is 1. The van der Waals surface area contributed by atoms with Crippen LogP contribution in [0.2, 0.25) is 0 Å². The summed E-state index contributed by atoms with van der Waals surface area (Å²) in [5.74, 6) is 2.20. The van der Waals surface area contributed by atoms with Crippen molar-refractivity contribution in [1.82, 2.24) is 0 Å². The first-order chi connectivity index (χ1) is 8.34. The van der Waals surface area contributed by atoms with Crippen molar-refractivity contribution in [3.8, 4) is 0 Å². The van der Waals surface area contributed by atoms with Gasteiger partial charge in [-0.05, 0) is 31.2 Å². The Balaban J connectivity index is 1.89. The summed E-state index contributed by atoms with van der Waals surface area (Å²) in [5.41, 5.74) is 2.58. The van der Waals surface area contributed by atoms with Crippen molar-refractivity contribution in [3.05, 3.63) is 54.0 Å². The van der Waals surface area contributed by atoms with E-state index in [2.05, 4.69) is 42.2 Å². The second-order valence-corrected chi connectivity index (χ2v) is 5.46. The highest BCUT2D eigenvalue weighted by Gasteiger charge is 2.28. The van der Waals surface area contributed by atoms with Gasteiger partial charge in [0.25, 0.3) is 0 Å². The fraction of sp³-hybridized carbons (Fsp3) is 0.286. The molecule has 17 heavy (non-hydrogen) atoms. The Morgan fingerprint density at radius 1 is 1.24 bits per heavy atom. The summed E-state index contributed by atoms with van der Waals surface area (Å²) in [6.45, 7) is 3.20. The summed E-state index contributed by atoms with van der Waals surface area (Å²) in [4.78, 5) is 2.41. The zero-order valence-corrected chi connectivity index (χ0v) is 10.6. The lowest BCUT2D eigenvalue weighted by molar-refractivity contribution is 0.503. The largest absolute Gasteiger partial charge is 0.466 e. The second kappa shape index (κ2) is 4.49. The average Bonchev–Trinajstić information content (AvgIpc) is 3.00. The van der Waals surface area contributed by atoms with E-state index in [-0.39, 0.29) is 0 Å². The number of aryl methyl sites for hydroxylation is 1. The number of rotatable bonds is 2. The fourth-order valence-corrected chi connectivity index (χ4v) is 3.37. The van der Waals surface area contributed by atoms with Crippen LogP contribution in [0.5, 0.6) is 0 Å². The minimum absolute atomic E-state index is 0.327. The number of anilines is 1. The van der Waals surface area contributed by atoms with Crippen molar-refractivity contribution < 1.29 is 4.42 Å². The summed E-state index contributed by atoms with van der Waals surface area (Å²) in [6.07, 6.45) is 1.75. The first-order valence-electron chi connectivity index (χ1n) is 5.83. The highest BCUT2D eigenvalue weighted by atomic mass is 32.2. The molecule has 88 valence electrons. The Labute approximate surface area is 106 Å². The van der Waals surface area contributed by atoms with Crippen molar-refractivity contribution in [2.45, 2.75) is 12.3 Å². The van der Waals surface area contributed by atoms with Crippen molar-refractivity contribution in [2.75, 3.05) is 17.2 Å². The summed E-state index contributed by atoms with van der Waals surface area (Å²) < 4.78 is 5.53. The third-order valence-corrected chi connectivity index (χ3v) is 4.26. The van der Waals surface area contributed by atoms with Crippen molar-refractivity contribution in [2.24, 2.45) is 0 Å². The Hall–Kier alpha value is -1.35. The van der Waals surface area contributed by atoms with E-state index in [9.17, 15) is 0 Å². The maximum atomic E-state index is 5.53. The highest BCUT2D eigenvalue weighted by molar-refractivity contribution is 7.99. The molecule has 3 rings (SSSR count). The molecule has 0 radical (unpaired) electrons. The normalized spacial score (nSPS) is 19.8. The first kappa shape index (κ1) is 10.8. The van der Waals surface area contributed by atoms with Crippen molar-refractivity contribution in [3.63, 3.8) is 0 Å². The Bertz CT molecular complexity index is 477. The van der Waals surface area contributed by atoms with Gasteiger partial charge in [-0.2, -0.15) is 0 Å². The predicted octanol–water partition coefficient (Wildman–Crippen LogP) is 3.84. The summed E-state index contributed by atoms with van der Waals surface area (Å²) in [5, 5.41) is 0.327. The van der Waals surface area contributed by atoms with E-state index in [4.69, 9.17) is 4.42 Å². The zero-order valence-electron chi connectivity index (χ0n) is 9.80. The van der Waals surface area contributed by atoms with Crippen LogP contribution in [0.1, 0.15) is 16.7 Å². The molecule has 0 bridgehead atoms. The van der Waals surface area contributed by atoms with Gasteiger partial charge in [0, 0.05) is 18.0 Å². The van der Waals surface area contributed by atoms with Crippen LogP contribution >= 0.6 is 11.8 Å². The van der Waals surface area contributed by atoms with Crippen LogP contribution in [0, 0.1) is 6.92 Å². The van der Waals surface area contributed by atoms with E-state index in [0.29, 0.717) is 5.37 Å². The molecule has 0 amide bonds. The maximum Gasteiger partial charge on any atom is 0.136 e. The molecule has 0 aliphatic carbocycles. The van der Waals surface area contributed by atoms with Gasteiger partial charge in [0.05, 0.1) is 6.26 Å². The van der Waals surface area contributed by atoms with Gasteiger partial charge in [0.15, 0.2) is 0 Å². The van der Waals surface area contributed by atoms with Gasteiger partial charge in [-0.3, -0.25) is 0 Å². The second-order valence-electron chi connectivity index (χ2n) is 4.27. The SMILES string of the molecule is Cc1ccc(N2CCS[C@@H]2c2ccco2)cc1. The summed E-state index contributed by atoms with van der Waals surface area (Å²) >= 11 is 1.94. The molecule has 0 N–H and O–H groups in total. The molecule has 1 saturated heterocycles. The third-order valence-electron chi connectivity index (χ3n) is 3.04. The molecule has 1 fully saturated rings. The number of hydrogen-bond acceptors (Lipinski definition) is 3. The third kappa shape index (κ3) is 2.07. The van der Waals surface area contributed by atoms with E-state index in [1.165, 1.54) is 11.3 Å². The number of hydrogen-bond donors (Lipinski definition) is 0. The average molecular weight is 245 g/mol. The molecule has 2 nitrogen and oxygen atoms in total. The minimum atomic E-state index is 0.327. The lowest BCUT2D eigenvalue weighted by Gasteiger charge is -2.24. The van der Waals surface area contributed by atoms with Gasteiger partial charge in [-0.25, -0.2) is 0 Å². The predicted molar refractivity (Wildman–Crippen MR) is 72.4 cm³/mol. The van der Waals surface area contributed by atoms with Crippen LogP contribution < -0.4 is 4.90 Å². The molecule has 1 aliphatic heterocycles. The highest BCUT2D eigenvalue weighted by Crippen LogP contribution is 2.40. The standard InChI is InChI=1S/C14H15NOS/c1-11-4-6-12(7-5-11)15-8-10-17-14(15)13-3-2-9-16-13/h2-7,9,14H,8,10H2,1H3/t14-/m1/s1. The van der Waals surface area contributed by atoms with E-state index < -0.39 is 0 Å². The number of benzene rings is 1. The van der Waals surface area contributed by atoms with Crippen LogP contribution in [-0.4, -0.2) is 12.3 Å². The van der Waals surface area contributed by atoms with Crippen molar-refractivity contribution >= 4 is 17.4 Å². The molecule has 2 heterocycles. The summed E-state index contributed by atoms with van der Waals surface area (Å²) in [6, 6.07) is 12.7. The molecule has 1 aromatic carbocycles. The Morgan fingerprint density at radius 2 is 2.06 bits per heavy atom. The smallest absolute Gasteiger partial charge is 0.136 e. The molecule has 2 aromatic rings. The van der Waals surface area contributed by atoms with Crippen LogP contribution in [-0.2, 0) is 0 Å². The molecular weight excluding hydrogens is 230 g/mol. The number of thioether (sulfide) groups is 1. The van der Waals surface area contributed by atoms with E-state index >= 15 is 0 Å². The van der Waals surface area contributed by atoms with Gasteiger partial charge in [0.2, 0.25) is 0 Å². The minimum Gasteiger partial charge on any atom is -0.466 e. The van der Waals surface area contributed by atoms with Crippen LogP contribution in [0.25, 0.3) is 0 Å². The molecule has 0 unspecified atom stereocenters. The molecule has 3 heteroatoms. The topological polar surface area (TPSA) is 16.4 Å². The summed E-state index contributed by atoms with van der Waals surface area (Å²) in [7, 11) is 0. The Kier molecular flexibility index (Phi) is 2.85. The fourth-order valence-electron chi connectivity index (χ4n) is 2.14. The maximum absolute atomic E-state index is 5.53. The van der Waals surface area contributed by atoms with Crippen LogP contribution in [0.4, 0.5) is 5.69 Å².